The van der Waals surface area contributed by atoms with E-state index >= 15 is 0 Å². The van der Waals surface area contributed by atoms with Crippen molar-refractivity contribution in [2.75, 3.05) is 13.2 Å². The Labute approximate surface area is 53.2 Å². The molecule has 0 amide bonds. The Morgan fingerprint density at radius 1 is 1.50 bits per heavy atom. The number of thioether (sulfide) groups is 1. The van der Waals surface area contributed by atoms with Crippen molar-refractivity contribution in [3.63, 3.8) is 0 Å². The van der Waals surface area contributed by atoms with E-state index in [-0.39, 0.29) is 18.5 Å². The van der Waals surface area contributed by atoms with Crippen molar-refractivity contribution < 1.29 is 10.2 Å². The topological polar surface area (TPSA) is 40.5 Å². The molecular formula is C5H10O2S. The number of hydrogen-bond donors (Lipinski definition) is 2. The maximum atomic E-state index is 8.43. The molecule has 2 nitrogen and oxygen atoms in total. The van der Waals surface area contributed by atoms with E-state index in [0.29, 0.717) is 0 Å². The SMILES string of the molecule is C=CSC(CO)CO. The van der Waals surface area contributed by atoms with Gasteiger partial charge in [-0.15, -0.1) is 11.8 Å². The first kappa shape index (κ1) is 8.01. The molecule has 0 radical (unpaired) electrons. The summed E-state index contributed by atoms with van der Waals surface area (Å²) in [6.45, 7) is 3.45. The standard InChI is InChI=1S/C5H10O2S/c1-2-8-5(3-6)4-7/h2,5-7H,1,3-4H2. The fraction of sp³-hybridized carbons (Fsp3) is 0.600. The highest BCUT2D eigenvalue weighted by Gasteiger charge is 2.00. The molecule has 0 saturated heterocycles. The van der Waals surface area contributed by atoms with Gasteiger partial charge in [0.25, 0.3) is 0 Å². The number of aliphatic hydroxyl groups is 2. The predicted molar refractivity (Wildman–Crippen MR) is 35.7 cm³/mol. The molecule has 0 unspecified atom stereocenters. The summed E-state index contributed by atoms with van der Waals surface area (Å²) in [5, 5.41) is 18.4. The lowest BCUT2D eigenvalue weighted by Crippen LogP contribution is -2.11. The number of hydrogen-bond acceptors (Lipinski definition) is 3. The second kappa shape index (κ2) is 5.15. The summed E-state index contributed by atoms with van der Waals surface area (Å²) in [6, 6.07) is 0. The third-order valence-corrected chi connectivity index (χ3v) is 1.57. The maximum Gasteiger partial charge on any atom is 0.0575 e. The van der Waals surface area contributed by atoms with E-state index in [9.17, 15) is 0 Å². The summed E-state index contributed by atoms with van der Waals surface area (Å²) in [4.78, 5) is 0. The minimum atomic E-state index is -0.0903. The third kappa shape index (κ3) is 3.07. The quantitative estimate of drug-likeness (QED) is 0.577. The zero-order valence-electron chi connectivity index (χ0n) is 4.58. The van der Waals surface area contributed by atoms with Gasteiger partial charge in [-0.25, -0.2) is 0 Å². The lowest BCUT2D eigenvalue weighted by atomic mass is 10.5. The molecule has 3 heteroatoms. The molecule has 0 fully saturated rings. The van der Waals surface area contributed by atoms with E-state index in [2.05, 4.69) is 6.58 Å². The first-order valence-corrected chi connectivity index (χ1v) is 3.27. The molecule has 0 aromatic heterocycles. The Kier molecular flexibility index (Phi) is 5.16. The Morgan fingerprint density at radius 3 is 2.12 bits per heavy atom. The molecule has 0 aromatic rings. The van der Waals surface area contributed by atoms with E-state index in [1.54, 1.807) is 5.41 Å². The Hall–Kier alpha value is 0.01000. The van der Waals surface area contributed by atoms with Crippen LogP contribution in [0.4, 0.5) is 0 Å². The van der Waals surface area contributed by atoms with Crippen LogP contribution in [0.1, 0.15) is 0 Å². The number of rotatable bonds is 4. The molecular weight excluding hydrogens is 124 g/mol. The van der Waals surface area contributed by atoms with Gasteiger partial charge in [0.1, 0.15) is 0 Å². The monoisotopic (exact) mass is 134 g/mol. The van der Waals surface area contributed by atoms with Crippen LogP contribution in [0.3, 0.4) is 0 Å². The summed E-state index contributed by atoms with van der Waals surface area (Å²) in [5.41, 5.74) is 0. The summed E-state index contributed by atoms with van der Waals surface area (Å²) < 4.78 is 0. The van der Waals surface area contributed by atoms with Gasteiger partial charge in [0, 0.05) is 0 Å². The number of aliphatic hydroxyl groups excluding tert-OH is 2. The van der Waals surface area contributed by atoms with Gasteiger partial charge in [-0.3, -0.25) is 0 Å². The van der Waals surface area contributed by atoms with Gasteiger partial charge in [0.2, 0.25) is 0 Å². The van der Waals surface area contributed by atoms with Crippen molar-refractivity contribution in [2.45, 2.75) is 5.25 Å². The molecule has 0 heterocycles. The fourth-order valence-corrected chi connectivity index (χ4v) is 0.724. The highest BCUT2D eigenvalue weighted by molar-refractivity contribution is 8.02. The van der Waals surface area contributed by atoms with Gasteiger partial charge in [0.05, 0.1) is 18.5 Å². The smallest absolute Gasteiger partial charge is 0.0575 e. The summed E-state index contributed by atoms with van der Waals surface area (Å²) in [6.07, 6.45) is 0. The predicted octanol–water partition coefficient (Wildman–Crippen LogP) is 0.216. The first-order chi connectivity index (χ1) is 3.85. The van der Waals surface area contributed by atoms with Gasteiger partial charge in [-0.05, 0) is 5.41 Å². The van der Waals surface area contributed by atoms with Gasteiger partial charge in [-0.2, -0.15) is 0 Å². The third-order valence-electron chi connectivity index (χ3n) is 0.696. The van der Waals surface area contributed by atoms with Crippen LogP contribution in [0.15, 0.2) is 12.0 Å². The van der Waals surface area contributed by atoms with Gasteiger partial charge in [0.15, 0.2) is 0 Å². The van der Waals surface area contributed by atoms with Crippen molar-refractivity contribution in [1.29, 1.82) is 0 Å². The van der Waals surface area contributed by atoms with Crippen molar-refractivity contribution in [1.82, 2.24) is 0 Å². The second-order valence-corrected chi connectivity index (χ2v) is 2.56. The Balaban J connectivity index is 3.20. The normalized spacial score (nSPS) is 9.88. The average molecular weight is 134 g/mol. The average Bonchev–Trinajstić information content (AvgIpc) is 1.83. The van der Waals surface area contributed by atoms with E-state index < -0.39 is 0 Å². The van der Waals surface area contributed by atoms with E-state index in [1.807, 2.05) is 0 Å². The van der Waals surface area contributed by atoms with E-state index in [0.717, 1.165) is 0 Å². The van der Waals surface area contributed by atoms with Crippen molar-refractivity contribution in [3.05, 3.63) is 12.0 Å². The van der Waals surface area contributed by atoms with Crippen molar-refractivity contribution in [2.24, 2.45) is 0 Å². The summed E-state index contributed by atoms with van der Waals surface area (Å²) in [5.74, 6) is 0. The van der Waals surface area contributed by atoms with Crippen LogP contribution >= 0.6 is 11.8 Å². The minimum Gasteiger partial charge on any atom is -0.395 e. The summed E-state index contributed by atoms with van der Waals surface area (Å²) in [7, 11) is 0. The Morgan fingerprint density at radius 2 is 2.00 bits per heavy atom. The molecule has 0 aliphatic rings. The van der Waals surface area contributed by atoms with Gasteiger partial charge in [-0.1, -0.05) is 6.58 Å². The van der Waals surface area contributed by atoms with Crippen LogP contribution in [-0.4, -0.2) is 28.7 Å². The van der Waals surface area contributed by atoms with Gasteiger partial charge >= 0.3 is 0 Å². The van der Waals surface area contributed by atoms with Crippen LogP contribution in [-0.2, 0) is 0 Å². The van der Waals surface area contributed by atoms with Crippen molar-refractivity contribution in [3.8, 4) is 0 Å². The lowest BCUT2D eigenvalue weighted by molar-refractivity contribution is 0.229. The maximum absolute atomic E-state index is 8.43. The van der Waals surface area contributed by atoms with E-state index in [1.165, 1.54) is 11.8 Å². The fourth-order valence-electron chi connectivity index (χ4n) is 0.280. The largest absolute Gasteiger partial charge is 0.395 e. The van der Waals surface area contributed by atoms with Crippen LogP contribution in [0.5, 0.6) is 0 Å². The molecule has 48 valence electrons. The van der Waals surface area contributed by atoms with Crippen LogP contribution < -0.4 is 0 Å². The molecule has 0 atom stereocenters. The molecule has 0 aliphatic heterocycles. The van der Waals surface area contributed by atoms with Gasteiger partial charge < -0.3 is 10.2 Å². The van der Waals surface area contributed by atoms with E-state index in [4.69, 9.17) is 10.2 Å². The van der Waals surface area contributed by atoms with Crippen LogP contribution in [0, 0.1) is 0 Å². The lowest BCUT2D eigenvalue weighted by Gasteiger charge is -2.04. The van der Waals surface area contributed by atoms with Crippen LogP contribution in [0.25, 0.3) is 0 Å². The molecule has 8 heavy (non-hydrogen) atoms. The zero-order valence-corrected chi connectivity index (χ0v) is 5.40. The highest BCUT2D eigenvalue weighted by atomic mass is 32.2. The molecule has 0 bridgehead atoms. The minimum absolute atomic E-state index is 0.00713. The van der Waals surface area contributed by atoms with Crippen molar-refractivity contribution >= 4 is 11.8 Å². The molecule has 0 spiro atoms. The second-order valence-electron chi connectivity index (χ2n) is 1.29. The molecule has 0 aliphatic carbocycles. The summed E-state index contributed by atoms with van der Waals surface area (Å²) >= 11 is 1.34. The molecule has 0 aromatic carbocycles. The highest BCUT2D eigenvalue weighted by Crippen LogP contribution is 2.08. The molecule has 0 saturated carbocycles. The van der Waals surface area contributed by atoms with Crippen LogP contribution in [0.2, 0.25) is 0 Å². The zero-order chi connectivity index (χ0) is 6.41. The molecule has 2 N–H and O–H groups in total. The molecule has 0 rings (SSSR count). The first-order valence-electron chi connectivity index (χ1n) is 2.33. The Bertz CT molecular complexity index is 61.4.